The molecule has 17 heavy (non-hydrogen) atoms. The molecule has 0 N–H and O–H groups in total. The molecule has 0 fully saturated rings. The van der Waals surface area contributed by atoms with Gasteiger partial charge in [-0.2, -0.15) is 0 Å². The van der Waals surface area contributed by atoms with Crippen LogP contribution < -0.4 is 0 Å². The fourth-order valence-corrected chi connectivity index (χ4v) is 2.49. The van der Waals surface area contributed by atoms with Gasteiger partial charge in [0.15, 0.2) is 0 Å². The van der Waals surface area contributed by atoms with Crippen molar-refractivity contribution in [2.45, 2.75) is 45.4 Å². The van der Waals surface area contributed by atoms with Gasteiger partial charge in [0.2, 0.25) is 0 Å². The van der Waals surface area contributed by atoms with E-state index in [0.29, 0.717) is 0 Å². The van der Waals surface area contributed by atoms with Crippen molar-refractivity contribution < 1.29 is 0 Å². The Bertz CT molecular complexity index is 328. The molecule has 0 aliphatic heterocycles. The third-order valence-electron chi connectivity index (χ3n) is 2.87. The lowest BCUT2D eigenvalue weighted by Gasteiger charge is -2.00. The van der Waals surface area contributed by atoms with E-state index in [0.717, 1.165) is 0 Å². The molecule has 0 radical (unpaired) electrons. The highest BCUT2D eigenvalue weighted by Crippen LogP contribution is 2.10. The largest absolute Gasteiger partial charge is 0.0860 e. The quantitative estimate of drug-likeness (QED) is 0.325. The molecule has 0 aromatic heterocycles. The molecule has 0 unspecified atom stereocenters. The van der Waals surface area contributed by atoms with Crippen LogP contribution >= 0.6 is 22.6 Å². The molecule has 0 atom stereocenters. The first-order valence-electron chi connectivity index (χ1n) is 6.68. The molecular weight excluding hydrogens is 319 g/mol. The normalized spacial score (nSPS) is 11.2. The second-order valence-electron chi connectivity index (χ2n) is 4.44. The third kappa shape index (κ3) is 6.87. The standard InChI is InChI=1S/C16H23I/c1-2-3-4-5-6-7-9-15-10-8-11-16(14-15)12-13-17/h7-11,14H,2-6,12-13H2,1H3. The second kappa shape index (κ2) is 9.69. The number of rotatable bonds is 8. The number of allylic oxidation sites excluding steroid dienone is 1. The summed E-state index contributed by atoms with van der Waals surface area (Å²) in [6, 6.07) is 8.88. The van der Waals surface area contributed by atoms with E-state index in [1.807, 2.05) is 0 Å². The Balaban J connectivity index is 2.34. The molecule has 0 aliphatic rings. The predicted octanol–water partition coefficient (Wildman–Crippen LogP) is 5.65. The Morgan fingerprint density at radius 1 is 1.18 bits per heavy atom. The number of benzene rings is 1. The van der Waals surface area contributed by atoms with Gasteiger partial charge >= 0.3 is 0 Å². The molecule has 1 heteroatoms. The van der Waals surface area contributed by atoms with E-state index in [-0.39, 0.29) is 0 Å². The van der Waals surface area contributed by atoms with Gasteiger partial charge in [0.25, 0.3) is 0 Å². The summed E-state index contributed by atoms with van der Waals surface area (Å²) in [5.74, 6) is 0. The SMILES string of the molecule is CCCCCCC=Cc1cccc(CCI)c1. The maximum Gasteiger partial charge on any atom is 0.00358 e. The van der Waals surface area contributed by atoms with Gasteiger partial charge in [-0.15, -0.1) is 0 Å². The fourth-order valence-electron chi connectivity index (χ4n) is 1.87. The second-order valence-corrected chi connectivity index (χ2v) is 5.51. The van der Waals surface area contributed by atoms with Crippen LogP contribution in [0.3, 0.4) is 0 Å². The Hall–Kier alpha value is -0.310. The van der Waals surface area contributed by atoms with Gasteiger partial charge in [0.05, 0.1) is 0 Å². The highest BCUT2D eigenvalue weighted by Gasteiger charge is 1.92. The monoisotopic (exact) mass is 342 g/mol. The van der Waals surface area contributed by atoms with Crippen molar-refractivity contribution in [3.05, 3.63) is 41.5 Å². The summed E-state index contributed by atoms with van der Waals surface area (Å²) in [7, 11) is 0. The van der Waals surface area contributed by atoms with Crippen molar-refractivity contribution >= 4 is 28.7 Å². The van der Waals surface area contributed by atoms with E-state index in [9.17, 15) is 0 Å². The van der Waals surface area contributed by atoms with Crippen molar-refractivity contribution in [2.24, 2.45) is 0 Å². The van der Waals surface area contributed by atoms with Crippen LogP contribution in [-0.2, 0) is 6.42 Å². The van der Waals surface area contributed by atoms with Crippen LogP contribution in [0.15, 0.2) is 30.3 Å². The first-order chi connectivity index (χ1) is 8.36. The third-order valence-corrected chi connectivity index (χ3v) is 3.41. The van der Waals surface area contributed by atoms with Gasteiger partial charge in [-0.05, 0) is 30.4 Å². The molecule has 1 aromatic carbocycles. The predicted molar refractivity (Wildman–Crippen MR) is 86.8 cm³/mol. The van der Waals surface area contributed by atoms with E-state index in [1.165, 1.54) is 54.1 Å². The van der Waals surface area contributed by atoms with Gasteiger partial charge in [-0.3, -0.25) is 0 Å². The molecule has 0 saturated carbocycles. The van der Waals surface area contributed by atoms with Crippen LogP contribution in [-0.4, -0.2) is 4.43 Å². The lowest BCUT2D eigenvalue weighted by Crippen LogP contribution is -1.85. The number of hydrogen-bond acceptors (Lipinski definition) is 0. The van der Waals surface area contributed by atoms with Crippen LogP contribution in [0.2, 0.25) is 0 Å². The molecular formula is C16H23I. The highest BCUT2D eigenvalue weighted by atomic mass is 127. The van der Waals surface area contributed by atoms with Crippen LogP contribution in [0.5, 0.6) is 0 Å². The smallest absolute Gasteiger partial charge is 0.00358 e. The Morgan fingerprint density at radius 3 is 2.82 bits per heavy atom. The van der Waals surface area contributed by atoms with Gasteiger partial charge in [-0.25, -0.2) is 0 Å². The van der Waals surface area contributed by atoms with Crippen molar-refractivity contribution in [3.63, 3.8) is 0 Å². The summed E-state index contributed by atoms with van der Waals surface area (Å²) >= 11 is 2.43. The summed E-state index contributed by atoms with van der Waals surface area (Å²) in [6.45, 7) is 2.26. The maximum atomic E-state index is 2.43. The van der Waals surface area contributed by atoms with Gasteiger partial charge in [0, 0.05) is 4.43 Å². The van der Waals surface area contributed by atoms with Crippen molar-refractivity contribution in [1.29, 1.82) is 0 Å². The first-order valence-corrected chi connectivity index (χ1v) is 8.21. The summed E-state index contributed by atoms with van der Waals surface area (Å²) in [5.41, 5.74) is 2.80. The molecule has 0 heterocycles. The van der Waals surface area contributed by atoms with Gasteiger partial charge < -0.3 is 0 Å². The molecule has 0 aliphatic carbocycles. The topological polar surface area (TPSA) is 0 Å². The van der Waals surface area contributed by atoms with Crippen molar-refractivity contribution in [1.82, 2.24) is 0 Å². The lowest BCUT2D eigenvalue weighted by molar-refractivity contribution is 0.675. The Labute approximate surface area is 120 Å². The maximum absolute atomic E-state index is 2.43. The zero-order valence-electron chi connectivity index (χ0n) is 10.8. The van der Waals surface area contributed by atoms with Gasteiger partial charge in [-0.1, -0.05) is 85.2 Å². The van der Waals surface area contributed by atoms with E-state index >= 15 is 0 Å². The van der Waals surface area contributed by atoms with E-state index in [1.54, 1.807) is 0 Å². The zero-order chi connectivity index (χ0) is 12.3. The Kier molecular flexibility index (Phi) is 8.41. The Morgan fingerprint density at radius 2 is 2.06 bits per heavy atom. The molecule has 0 bridgehead atoms. The molecule has 1 aromatic rings. The molecule has 0 saturated heterocycles. The van der Waals surface area contributed by atoms with Gasteiger partial charge in [0.1, 0.15) is 0 Å². The van der Waals surface area contributed by atoms with Crippen molar-refractivity contribution in [2.75, 3.05) is 4.43 Å². The van der Waals surface area contributed by atoms with Crippen molar-refractivity contribution in [3.8, 4) is 0 Å². The number of unbranched alkanes of at least 4 members (excludes halogenated alkanes) is 4. The first kappa shape index (κ1) is 14.7. The number of hydrogen-bond donors (Lipinski definition) is 0. The molecule has 1 rings (SSSR count). The molecule has 0 amide bonds. The minimum absolute atomic E-state index is 1.18. The summed E-state index contributed by atoms with van der Waals surface area (Å²) in [4.78, 5) is 0. The molecule has 94 valence electrons. The lowest BCUT2D eigenvalue weighted by atomic mass is 10.1. The number of halogens is 1. The van der Waals surface area contributed by atoms with Crippen LogP contribution in [0.1, 0.15) is 50.2 Å². The molecule has 0 spiro atoms. The molecule has 0 nitrogen and oxygen atoms in total. The minimum Gasteiger partial charge on any atom is -0.0860 e. The number of aryl methyl sites for hydroxylation is 1. The minimum atomic E-state index is 1.18. The summed E-state index contributed by atoms with van der Waals surface area (Å²) in [6.07, 6.45) is 12.4. The highest BCUT2D eigenvalue weighted by molar-refractivity contribution is 14.1. The van der Waals surface area contributed by atoms with Crippen LogP contribution in [0.25, 0.3) is 6.08 Å². The average molecular weight is 342 g/mol. The van der Waals surface area contributed by atoms with E-state index < -0.39 is 0 Å². The zero-order valence-corrected chi connectivity index (χ0v) is 12.9. The van der Waals surface area contributed by atoms with Crippen LogP contribution in [0, 0.1) is 0 Å². The fraction of sp³-hybridized carbons (Fsp3) is 0.500. The van der Waals surface area contributed by atoms with Crippen LogP contribution in [0.4, 0.5) is 0 Å². The summed E-state index contributed by atoms with van der Waals surface area (Å²) < 4.78 is 1.20. The summed E-state index contributed by atoms with van der Waals surface area (Å²) in [5, 5.41) is 0. The number of alkyl halides is 1. The van der Waals surface area contributed by atoms with E-state index in [2.05, 4.69) is 65.9 Å². The van der Waals surface area contributed by atoms with E-state index in [4.69, 9.17) is 0 Å². The average Bonchev–Trinajstić information content (AvgIpc) is 2.35.